The molecule has 0 aromatic heterocycles. The Morgan fingerprint density at radius 1 is 1.26 bits per heavy atom. The van der Waals surface area contributed by atoms with Crippen LogP contribution in [0.15, 0.2) is 18.2 Å². The van der Waals surface area contributed by atoms with Crippen molar-refractivity contribution >= 4 is 0 Å². The molecule has 108 valence electrons. The first-order valence-electron chi connectivity index (χ1n) is 6.71. The summed E-state index contributed by atoms with van der Waals surface area (Å²) in [5.74, 6) is 0.871. The fourth-order valence-electron chi connectivity index (χ4n) is 2.02. The molecule has 2 N–H and O–H groups in total. The molecule has 0 aliphatic rings. The lowest BCUT2D eigenvalue weighted by atomic mass is 10.1. The Balaban J connectivity index is 2.78. The molecule has 19 heavy (non-hydrogen) atoms. The van der Waals surface area contributed by atoms with E-state index in [0.717, 1.165) is 31.0 Å². The van der Waals surface area contributed by atoms with Gasteiger partial charge >= 0.3 is 0 Å². The number of benzene rings is 1. The SMILES string of the molecule is COCCN(Cc1ccc(CN)c(OC)c1)C(C)C. The van der Waals surface area contributed by atoms with Crippen LogP contribution >= 0.6 is 0 Å². The molecule has 0 bridgehead atoms. The summed E-state index contributed by atoms with van der Waals surface area (Å²) < 4.78 is 10.5. The monoisotopic (exact) mass is 266 g/mol. The van der Waals surface area contributed by atoms with E-state index in [1.807, 2.05) is 6.07 Å². The summed E-state index contributed by atoms with van der Waals surface area (Å²) in [6, 6.07) is 6.72. The Hall–Kier alpha value is -1.10. The third-order valence-electron chi connectivity index (χ3n) is 3.27. The molecule has 1 rings (SSSR count). The van der Waals surface area contributed by atoms with Crippen molar-refractivity contribution in [1.82, 2.24) is 4.90 Å². The number of ether oxygens (including phenoxy) is 2. The molecule has 0 aliphatic carbocycles. The molecule has 0 fully saturated rings. The topological polar surface area (TPSA) is 47.7 Å². The molecular weight excluding hydrogens is 240 g/mol. The van der Waals surface area contributed by atoms with Crippen LogP contribution in [0.5, 0.6) is 5.75 Å². The zero-order valence-corrected chi connectivity index (χ0v) is 12.5. The van der Waals surface area contributed by atoms with Gasteiger partial charge in [-0.15, -0.1) is 0 Å². The summed E-state index contributed by atoms with van der Waals surface area (Å²) in [6.07, 6.45) is 0. The van der Waals surface area contributed by atoms with Gasteiger partial charge in [-0.2, -0.15) is 0 Å². The van der Waals surface area contributed by atoms with Crippen LogP contribution in [0, 0.1) is 0 Å². The van der Waals surface area contributed by atoms with Crippen LogP contribution < -0.4 is 10.5 Å². The Bertz CT molecular complexity index is 380. The predicted octanol–water partition coefficient (Wildman–Crippen LogP) is 2.01. The van der Waals surface area contributed by atoms with Gasteiger partial charge in [-0.1, -0.05) is 12.1 Å². The van der Waals surface area contributed by atoms with Crippen molar-refractivity contribution in [3.05, 3.63) is 29.3 Å². The summed E-state index contributed by atoms with van der Waals surface area (Å²) in [7, 11) is 3.42. The molecule has 0 spiro atoms. The molecular formula is C15H26N2O2. The van der Waals surface area contributed by atoms with E-state index in [4.69, 9.17) is 15.2 Å². The first-order valence-corrected chi connectivity index (χ1v) is 6.71. The highest BCUT2D eigenvalue weighted by molar-refractivity contribution is 5.37. The largest absolute Gasteiger partial charge is 0.496 e. The highest BCUT2D eigenvalue weighted by Gasteiger charge is 2.11. The van der Waals surface area contributed by atoms with Crippen molar-refractivity contribution in [3.63, 3.8) is 0 Å². The second-order valence-electron chi connectivity index (χ2n) is 4.91. The average molecular weight is 266 g/mol. The van der Waals surface area contributed by atoms with Gasteiger partial charge in [0.2, 0.25) is 0 Å². The number of nitrogens with zero attached hydrogens (tertiary/aromatic N) is 1. The lowest BCUT2D eigenvalue weighted by molar-refractivity contribution is 0.125. The van der Waals surface area contributed by atoms with Gasteiger partial charge in [0.1, 0.15) is 5.75 Å². The maximum absolute atomic E-state index is 5.68. The molecule has 0 radical (unpaired) electrons. The Morgan fingerprint density at radius 2 is 2.00 bits per heavy atom. The summed E-state index contributed by atoms with van der Waals surface area (Å²) in [5, 5.41) is 0. The zero-order chi connectivity index (χ0) is 14.3. The van der Waals surface area contributed by atoms with E-state index in [2.05, 4.69) is 30.9 Å². The van der Waals surface area contributed by atoms with Crippen molar-refractivity contribution in [2.45, 2.75) is 33.0 Å². The van der Waals surface area contributed by atoms with Crippen molar-refractivity contribution < 1.29 is 9.47 Å². The highest BCUT2D eigenvalue weighted by atomic mass is 16.5. The van der Waals surface area contributed by atoms with E-state index in [-0.39, 0.29) is 0 Å². The molecule has 0 saturated heterocycles. The molecule has 0 atom stereocenters. The third-order valence-corrected chi connectivity index (χ3v) is 3.27. The minimum absolute atomic E-state index is 0.482. The molecule has 0 aliphatic heterocycles. The normalized spacial score (nSPS) is 11.3. The second kappa shape index (κ2) is 8.15. The van der Waals surface area contributed by atoms with Crippen LogP contribution in [-0.4, -0.2) is 38.3 Å². The Kier molecular flexibility index (Phi) is 6.84. The van der Waals surface area contributed by atoms with Gasteiger partial charge in [-0.3, -0.25) is 4.90 Å². The smallest absolute Gasteiger partial charge is 0.123 e. The van der Waals surface area contributed by atoms with Crippen LogP contribution in [0.4, 0.5) is 0 Å². The van der Waals surface area contributed by atoms with E-state index in [0.29, 0.717) is 12.6 Å². The average Bonchev–Trinajstić information content (AvgIpc) is 2.42. The maximum atomic E-state index is 5.68. The third kappa shape index (κ3) is 4.82. The molecule has 0 unspecified atom stereocenters. The van der Waals surface area contributed by atoms with Crippen LogP contribution in [-0.2, 0) is 17.8 Å². The standard InChI is InChI=1S/C15H26N2O2/c1-12(2)17(7-8-18-3)11-13-5-6-14(10-16)15(9-13)19-4/h5-6,9,12H,7-8,10-11,16H2,1-4H3. The van der Waals surface area contributed by atoms with E-state index in [1.165, 1.54) is 5.56 Å². The summed E-state index contributed by atoms with van der Waals surface area (Å²) >= 11 is 0. The molecule has 1 aromatic rings. The lowest BCUT2D eigenvalue weighted by Crippen LogP contribution is -2.33. The van der Waals surface area contributed by atoms with Crippen molar-refractivity contribution in [2.24, 2.45) is 5.73 Å². The Labute approximate surface area is 116 Å². The van der Waals surface area contributed by atoms with Crippen LogP contribution in [0.25, 0.3) is 0 Å². The van der Waals surface area contributed by atoms with Crippen LogP contribution in [0.2, 0.25) is 0 Å². The molecule has 0 saturated carbocycles. The number of methoxy groups -OCH3 is 2. The van der Waals surface area contributed by atoms with Gasteiger partial charge in [-0.05, 0) is 25.5 Å². The lowest BCUT2D eigenvalue weighted by Gasteiger charge is -2.26. The molecule has 0 amide bonds. The molecule has 4 nitrogen and oxygen atoms in total. The van der Waals surface area contributed by atoms with Crippen LogP contribution in [0.1, 0.15) is 25.0 Å². The zero-order valence-electron chi connectivity index (χ0n) is 12.5. The quantitative estimate of drug-likeness (QED) is 0.782. The van der Waals surface area contributed by atoms with Gasteiger partial charge in [0.15, 0.2) is 0 Å². The minimum atomic E-state index is 0.482. The number of nitrogens with two attached hydrogens (primary N) is 1. The van der Waals surface area contributed by atoms with E-state index in [9.17, 15) is 0 Å². The van der Waals surface area contributed by atoms with Gasteiger partial charge in [0.05, 0.1) is 13.7 Å². The summed E-state index contributed by atoms with van der Waals surface area (Å²) in [6.45, 7) is 7.46. The fourth-order valence-corrected chi connectivity index (χ4v) is 2.02. The Morgan fingerprint density at radius 3 is 2.53 bits per heavy atom. The van der Waals surface area contributed by atoms with Crippen molar-refractivity contribution in [1.29, 1.82) is 0 Å². The maximum Gasteiger partial charge on any atom is 0.123 e. The summed E-state index contributed by atoms with van der Waals surface area (Å²) in [4.78, 5) is 2.38. The number of rotatable bonds is 8. The first kappa shape index (κ1) is 16.0. The highest BCUT2D eigenvalue weighted by Crippen LogP contribution is 2.21. The number of hydrogen-bond donors (Lipinski definition) is 1. The predicted molar refractivity (Wildman–Crippen MR) is 78.3 cm³/mol. The van der Waals surface area contributed by atoms with E-state index < -0.39 is 0 Å². The van der Waals surface area contributed by atoms with Gasteiger partial charge in [0, 0.05) is 38.3 Å². The molecule has 1 aromatic carbocycles. The minimum Gasteiger partial charge on any atom is -0.496 e. The van der Waals surface area contributed by atoms with Crippen molar-refractivity contribution in [2.75, 3.05) is 27.4 Å². The van der Waals surface area contributed by atoms with Gasteiger partial charge < -0.3 is 15.2 Å². The summed E-state index contributed by atoms with van der Waals surface area (Å²) in [5.41, 5.74) is 7.96. The van der Waals surface area contributed by atoms with E-state index in [1.54, 1.807) is 14.2 Å². The molecule has 4 heteroatoms. The number of hydrogen-bond acceptors (Lipinski definition) is 4. The second-order valence-corrected chi connectivity index (χ2v) is 4.91. The van der Waals surface area contributed by atoms with Gasteiger partial charge in [-0.25, -0.2) is 0 Å². The fraction of sp³-hybridized carbons (Fsp3) is 0.600. The van der Waals surface area contributed by atoms with Crippen molar-refractivity contribution in [3.8, 4) is 5.75 Å². The van der Waals surface area contributed by atoms with E-state index >= 15 is 0 Å². The first-order chi connectivity index (χ1) is 9.12. The van der Waals surface area contributed by atoms with Crippen LogP contribution in [0.3, 0.4) is 0 Å². The van der Waals surface area contributed by atoms with Gasteiger partial charge in [0.25, 0.3) is 0 Å². The molecule has 0 heterocycles.